The first kappa shape index (κ1) is 21.0. The molecule has 0 radical (unpaired) electrons. The molecule has 1 fully saturated rings. The summed E-state index contributed by atoms with van der Waals surface area (Å²) in [5.41, 5.74) is 1.08. The molecule has 0 aliphatic carbocycles. The Morgan fingerprint density at radius 2 is 1.93 bits per heavy atom. The number of nitrogens with zero attached hydrogens (tertiary/aromatic N) is 2. The lowest BCUT2D eigenvalue weighted by molar-refractivity contribution is -0.128. The van der Waals surface area contributed by atoms with E-state index in [9.17, 15) is 4.79 Å². The molecule has 0 atom stereocenters. The number of aliphatic imine (C=N–C) groups is 1. The molecule has 1 heterocycles. The molecule has 0 aromatic heterocycles. The first-order chi connectivity index (χ1) is 13.2. The van der Waals surface area contributed by atoms with Gasteiger partial charge in [0.15, 0.2) is 5.96 Å². The van der Waals surface area contributed by atoms with Gasteiger partial charge in [-0.25, -0.2) is 4.99 Å². The zero-order valence-electron chi connectivity index (χ0n) is 16.5. The molecule has 2 N–H and O–H groups in total. The van der Waals surface area contributed by atoms with Crippen LogP contribution in [-0.2, 0) is 16.1 Å². The summed E-state index contributed by atoms with van der Waals surface area (Å²) in [6.45, 7) is 6.68. The van der Waals surface area contributed by atoms with Crippen LogP contribution in [0.15, 0.2) is 29.3 Å². The molecule has 1 aromatic carbocycles. The van der Waals surface area contributed by atoms with Crippen molar-refractivity contribution in [1.29, 1.82) is 0 Å². The summed E-state index contributed by atoms with van der Waals surface area (Å²) < 4.78 is 10.5. The molecule has 1 amide bonds. The van der Waals surface area contributed by atoms with E-state index in [0.717, 1.165) is 56.8 Å². The fraction of sp³-hybridized carbons (Fsp3) is 0.600. The molecule has 0 spiro atoms. The summed E-state index contributed by atoms with van der Waals surface area (Å²) in [5.74, 6) is 1.60. The van der Waals surface area contributed by atoms with Gasteiger partial charge in [0.1, 0.15) is 5.75 Å². The molecule has 27 heavy (non-hydrogen) atoms. The Kier molecular flexibility index (Phi) is 9.48. The van der Waals surface area contributed by atoms with E-state index >= 15 is 0 Å². The van der Waals surface area contributed by atoms with Crippen molar-refractivity contribution in [2.75, 3.05) is 46.5 Å². The van der Waals surface area contributed by atoms with Crippen LogP contribution in [0.4, 0.5) is 0 Å². The molecule has 1 aliphatic heterocycles. The van der Waals surface area contributed by atoms with Gasteiger partial charge >= 0.3 is 0 Å². The number of likely N-dealkylation sites (tertiary alicyclic amines) is 1. The van der Waals surface area contributed by atoms with Crippen LogP contribution >= 0.6 is 0 Å². The molecule has 0 saturated carbocycles. The van der Waals surface area contributed by atoms with E-state index in [1.807, 2.05) is 36.1 Å². The molecule has 1 aliphatic rings. The van der Waals surface area contributed by atoms with Gasteiger partial charge in [0.2, 0.25) is 5.91 Å². The highest BCUT2D eigenvalue weighted by Gasteiger charge is 2.17. The maximum Gasteiger partial charge on any atom is 0.241 e. The topological polar surface area (TPSA) is 75.2 Å². The van der Waals surface area contributed by atoms with Gasteiger partial charge < -0.3 is 25.0 Å². The Hall–Kier alpha value is -2.28. The van der Waals surface area contributed by atoms with Gasteiger partial charge in [-0.1, -0.05) is 12.1 Å². The van der Waals surface area contributed by atoms with Gasteiger partial charge in [-0.05, 0) is 43.9 Å². The number of carbonyl (C=O) groups is 1. The number of methoxy groups -OCH3 is 1. The van der Waals surface area contributed by atoms with Gasteiger partial charge in [0, 0.05) is 32.8 Å². The van der Waals surface area contributed by atoms with Crippen molar-refractivity contribution in [3.05, 3.63) is 29.8 Å². The van der Waals surface area contributed by atoms with Crippen LogP contribution in [0.3, 0.4) is 0 Å². The average molecular weight is 377 g/mol. The van der Waals surface area contributed by atoms with Crippen LogP contribution in [0.5, 0.6) is 5.75 Å². The van der Waals surface area contributed by atoms with Crippen molar-refractivity contribution in [3.8, 4) is 5.75 Å². The molecule has 2 rings (SSSR count). The molecule has 1 saturated heterocycles. The minimum Gasteiger partial charge on any atom is -0.497 e. The van der Waals surface area contributed by atoms with E-state index in [-0.39, 0.29) is 12.5 Å². The molecule has 150 valence electrons. The summed E-state index contributed by atoms with van der Waals surface area (Å²) in [5, 5.41) is 6.44. The summed E-state index contributed by atoms with van der Waals surface area (Å²) in [6, 6.07) is 7.82. The van der Waals surface area contributed by atoms with Crippen LogP contribution in [0.25, 0.3) is 0 Å². The van der Waals surface area contributed by atoms with Gasteiger partial charge in [-0.15, -0.1) is 0 Å². The molecule has 0 unspecified atom stereocenters. The number of benzene rings is 1. The first-order valence-corrected chi connectivity index (χ1v) is 9.73. The number of carbonyl (C=O) groups excluding carboxylic acids is 1. The smallest absolute Gasteiger partial charge is 0.241 e. The highest BCUT2D eigenvalue weighted by atomic mass is 16.5. The lowest BCUT2D eigenvalue weighted by atomic mass is 10.2. The molecule has 7 heteroatoms. The molecule has 0 bridgehead atoms. The van der Waals surface area contributed by atoms with Gasteiger partial charge in [0.25, 0.3) is 0 Å². The Labute approximate surface area is 162 Å². The third kappa shape index (κ3) is 7.86. The Morgan fingerprint density at radius 3 is 2.59 bits per heavy atom. The third-order valence-electron chi connectivity index (χ3n) is 4.41. The highest BCUT2D eigenvalue weighted by molar-refractivity contribution is 5.86. The predicted octanol–water partition coefficient (Wildman–Crippen LogP) is 1.78. The van der Waals surface area contributed by atoms with Crippen molar-refractivity contribution >= 4 is 11.9 Å². The maximum absolute atomic E-state index is 12.3. The van der Waals surface area contributed by atoms with Crippen LogP contribution in [0, 0.1) is 0 Å². The minimum absolute atomic E-state index is 0.126. The number of nitrogens with one attached hydrogen (secondary N) is 2. The monoisotopic (exact) mass is 376 g/mol. The van der Waals surface area contributed by atoms with Crippen molar-refractivity contribution in [3.63, 3.8) is 0 Å². The summed E-state index contributed by atoms with van der Waals surface area (Å²) >= 11 is 0. The summed E-state index contributed by atoms with van der Waals surface area (Å²) in [4.78, 5) is 18.8. The van der Waals surface area contributed by atoms with Gasteiger partial charge in [-0.2, -0.15) is 0 Å². The van der Waals surface area contributed by atoms with Gasteiger partial charge in [0.05, 0.1) is 20.2 Å². The lowest BCUT2D eigenvalue weighted by Crippen LogP contribution is -2.44. The minimum atomic E-state index is 0.126. The summed E-state index contributed by atoms with van der Waals surface area (Å²) in [7, 11) is 1.65. The van der Waals surface area contributed by atoms with Crippen LogP contribution in [-0.4, -0.2) is 63.3 Å². The van der Waals surface area contributed by atoms with E-state index in [4.69, 9.17) is 9.47 Å². The van der Waals surface area contributed by atoms with E-state index in [1.54, 1.807) is 7.11 Å². The van der Waals surface area contributed by atoms with E-state index < -0.39 is 0 Å². The largest absolute Gasteiger partial charge is 0.497 e. The lowest BCUT2D eigenvalue weighted by Gasteiger charge is -2.17. The quantitative estimate of drug-likeness (QED) is 0.370. The number of rotatable bonds is 10. The SMILES string of the molecule is CCOCCCNC(=NCc1ccc(OC)cc1)NCC(=O)N1CCCC1. The molecule has 1 aromatic rings. The first-order valence-electron chi connectivity index (χ1n) is 9.73. The second kappa shape index (κ2) is 12.2. The average Bonchev–Trinajstić information content (AvgIpc) is 3.24. The van der Waals surface area contributed by atoms with Gasteiger partial charge in [-0.3, -0.25) is 4.79 Å². The van der Waals surface area contributed by atoms with Crippen molar-refractivity contribution < 1.29 is 14.3 Å². The van der Waals surface area contributed by atoms with Crippen molar-refractivity contribution in [1.82, 2.24) is 15.5 Å². The fourth-order valence-electron chi connectivity index (χ4n) is 2.84. The van der Waals surface area contributed by atoms with E-state index in [0.29, 0.717) is 19.1 Å². The fourth-order valence-corrected chi connectivity index (χ4v) is 2.84. The predicted molar refractivity (Wildman–Crippen MR) is 107 cm³/mol. The second-order valence-corrected chi connectivity index (χ2v) is 6.43. The number of guanidine groups is 1. The molecular weight excluding hydrogens is 344 g/mol. The van der Waals surface area contributed by atoms with E-state index in [2.05, 4.69) is 15.6 Å². The van der Waals surface area contributed by atoms with Crippen molar-refractivity contribution in [2.24, 2.45) is 4.99 Å². The van der Waals surface area contributed by atoms with Crippen molar-refractivity contribution in [2.45, 2.75) is 32.7 Å². The Morgan fingerprint density at radius 1 is 1.19 bits per heavy atom. The third-order valence-corrected chi connectivity index (χ3v) is 4.41. The number of ether oxygens (including phenoxy) is 2. The summed E-state index contributed by atoms with van der Waals surface area (Å²) in [6.07, 6.45) is 3.08. The zero-order chi connectivity index (χ0) is 19.3. The zero-order valence-corrected chi connectivity index (χ0v) is 16.5. The number of amides is 1. The Balaban J connectivity index is 1.87. The molecule has 7 nitrogen and oxygen atoms in total. The number of hydrogen-bond donors (Lipinski definition) is 2. The maximum atomic E-state index is 12.3. The van der Waals surface area contributed by atoms with Crippen LogP contribution < -0.4 is 15.4 Å². The highest BCUT2D eigenvalue weighted by Crippen LogP contribution is 2.11. The van der Waals surface area contributed by atoms with Crippen LogP contribution in [0.2, 0.25) is 0 Å². The van der Waals surface area contributed by atoms with E-state index in [1.165, 1.54) is 0 Å². The standard InChI is InChI=1S/C20H32N4O3/c1-3-27-14-6-11-21-20(23-16-19(25)24-12-4-5-13-24)22-15-17-7-9-18(26-2)10-8-17/h7-10H,3-6,11-16H2,1-2H3,(H2,21,22,23). The Bertz CT molecular complexity index is 583. The van der Waals surface area contributed by atoms with Crippen LogP contribution in [0.1, 0.15) is 31.7 Å². The molecular formula is C20H32N4O3. The number of hydrogen-bond acceptors (Lipinski definition) is 4. The second-order valence-electron chi connectivity index (χ2n) is 6.43. The normalized spacial score (nSPS) is 14.3.